The number of thioether (sulfide) groups is 1. The van der Waals surface area contributed by atoms with Gasteiger partial charge in [0.1, 0.15) is 0 Å². The Kier molecular flexibility index (Phi) is 3.58. The lowest BCUT2D eigenvalue weighted by atomic mass is 9.63. The number of carbonyl (C=O) groups excluding carboxylic acids is 2. The molecule has 1 heterocycles. The normalized spacial score (nSPS) is 30.8. The number of piperidine rings is 1. The molecule has 2 rings (SSSR count). The van der Waals surface area contributed by atoms with Crippen LogP contribution in [0, 0.1) is 17.3 Å². The Morgan fingerprint density at radius 3 is 2.72 bits per heavy atom. The van der Waals surface area contributed by atoms with Gasteiger partial charge in [0.15, 0.2) is 5.78 Å². The molecule has 0 radical (unpaired) electrons. The molecular weight excluding hydrogens is 246 g/mol. The van der Waals surface area contributed by atoms with Crippen LogP contribution in [0.15, 0.2) is 11.0 Å². The van der Waals surface area contributed by atoms with E-state index >= 15 is 0 Å². The maximum Gasteiger partial charge on any atom is 0.219 e. The van der Waals surface area contributed by atoms with Crippen molar-refractivity contribution < 1.29 is 9.59 Å². The molecule has 0 aromatic heterocycles. The Morgan fingerprint density at radius 1 is 1.50 bits per heavy atom. The lowest BCUT2D eigenvalue weighted by molar-refractivity contribution is -0.134. The van der Waals surface area contributed by atoms with Crippen molar-refractivity contribution in [1.29, 1.82) is 0 Å². The number of hydrogen-bond acceptors (Lipinski definition) is 3. The first-order valence-corrected chi connectivity index (χ1v) is 7.66. The lowest BCUT2D eigenvalue weighted by Gasteiger charge is -2.47. The molecule has 2 aliphatic rings. The summed E-state index contributed by atoms with van der Waals surface area (Å²) in [5.41, 5.74) is -0.291. The summed E-state index contributed by atoms with van der Waals surface area (Å²) in [5.74, 6) is 1.11. The number of hydrogen-bond donors (Lipinski definition) is 0. The minimum absolute atomic E-state index is 0.141. The smallest absolute Gasteiger partial charge is 0.219 e. The van der Waals surface area contributed by atoms with Gasteiger partial charge < -0.3 is 4.90 Å². The Bertz CT molecular complexity index is 414. The van der Waals surface area contributed by atoms with E-state index in [0.29, 0.717) is 11.8 Å². The van der Waals surface area contributed by atoms with Crippen LogP contribution in [0.4, 0.5) is 0 Å². The molecule has 0 aromatic rings. The van der Waals surface area contributed by atoms with E-state index in [4.69, 9.17) is 0 Å². The van der Waals surface area contributed by atoms with Crippen LogP contribution < -0.4 is 0 Å². The van der Waals surface area contributed by atoms with Gasteiger partial charge in [-0.1, -0.05) is 19.9 Å². The van der Waals surface area contributed by atoms with E-state index in [2.05, 4.69) is 19.9 Å². The zero-order valence-corrected chi connectivity index (χ0v) is 12.3. The number of amides is 1. The monoisotopic (exact) mass is 267 g/mol. The number of likely N-dealkylation sites (tertiary alicyclic amines) is 1. The molecule has 4 heteroatoms. The second-order valence-corrected chi connectivity index (χ2v) is 6.66. The highest BCUT2D eigenvalue weighted by atomic mass is 32.2. The minimum atomic E-state index is -0.291. The van der Waals surface area contributed by atoms with Crippen LogP contribution in [-0.2, 0) is 9.59 Å². The Balaban J connectivity index is 2.30. The Labute approximate surface area is 113 Å². The average molecular weight is 267 g/mol. The second-order valence-electron chi connectivity index (χ2n) is 5.81. The molecule has 0 bridgehead atoms. The predicted molar refractivity (Wildman–Crippen MR) is 74.2 cm³/mol. The minimum Gasteiger partial charge on any atom is -0.342 e. The summed E-state index contributed by atoms with van der Waals surface area (Å²) in [6.07, 6.45) is 4.98. The molecule has 3 nitrogen and oxygen atoms in total. The fourth-order valence-corrected chi connectivity index (χ4v) is 4.01. The van der Waals surface area contributed by atoms with Gasteiger partial charge in [-0.2, -0.15) is 0 Å². The molecule has 1 fully saturated rings. The standard InChI is InChI=1S/C14H21NO2S/c1-9(16)15-6-5-11-10(8-15)7-12(18-4)13(17)14(11,2)3/h7,10-11H,5-6,8H2,1-4H3. The van der Waals surface area contributed by atoms with Gasteiger partial charge in [0.2, 0.25) is 5.91 Å². The first-order chi connectivity index (χ1) is 8.37. The van der Waals surface area contributed by atoms with Crippen molar-refractivity contribution in [3.8, 4) is 0 Å². The molecule has 1 aliphatic carbocycles. The van der Waals surface area contributed by atoms with Gasteiger partial charge in [-0.05, 0) is 24.5 Å². The SMILES string of the molecule is CSC1=CC2CN(C(C)=O)CCC2C(C)(C)C1=O. The molecule has 2 unspecified atom stereocenters. The van der Waals surface area contributed by atoms with Crippen molar-refractivity contribution in [3.05, 3.63) is 11.0 Å². The van der Waals surface area contributed by atoms with E-state index in [1.807, 2.05) is 11.2 Å². The Morgan fingerprint density at radius 2 is 2.17 bits per heavy atom. The molecule has 0 spiro atoms. The number of carbonyl (C=O) groups is 2. The van der Waals surface area contributed by atoms with E-state index in [1.54, 1.807) is 6.92 Å². The Hall–Kier alpha value is -0.770. The van der Waals surface area contributed by atoms with Crippen molar-refractivity contribution in [2.24, 2.45) is 17.3 Å². The maximum absolute atomic E-state index is 12.4. The summed E-state index contributed by atoms with van der Waals surface area (Å²) in [4.78, 5) is 26.6. The molecular formula is C14H21NO2S. The number of ketones is 1. The lowest BCUT2D eigenvalue weighted by Crippen LogP contribution is -2.51. The van der Waals surface area contributed by atoms with Crippen LogP contribution in [0.5, 0.6) is 0 Å². The fraction of sp³-hybridized carbons (Fsp3) is 0.714. The average Bonchev–Trinajstić information content (AvgIpc) is 2.33. The quantitative estimate of drug-likeness (QED) is 0.732. The summed E-state index contributed by atoms with van der Waals surface area (Å²) in [6.45, 7) is 7.29. The molecule has 0 saturated carbocycles. The van der Waals surface area contributed by atoms with E-state index in [1.165, 1.54) is 11.8 Å². The molecule has 1 amide bonds. The van der Waals surface area contributed by atoms with Crippen LogP contribution in [0.25, 0.3) is 0 Å². The van der Waals surface area contributed by atoms with Gasteiger partial charge in [0, 0.05) is 30.3 Å². The van der Waals surface area contributed by atoms with Crippen molar-refractivity contribution in [2.45, 2.75) is 27.2 Å². The van der Waals surface area contributed by atoms with E-state index in [-0.39, 0.29) is 17.1 Å². The van der Waals surface area contributed by atoms with Crippen molar-refractivity contribution in [1.82, 2.24) is 4.90 Å². The molecule has 100 valence electrons. The molecule has 0 aromatic carbocycles. The summed E-state index contributed by atoms with van der Waals surface area (Å²) in [5, 5.41) is 0. The van der Waals surface area contributed by atoms with Gasteiger partial charge in [0.05, 0.1) is 0 Å². The first kappa shape index (κ1) is 13.7. The number of allylic oxidation sites excluding steroid dienone is 1. The molecule has 0 N–H and O–H groups in total. The highest BCUT2D eigenvalue weighted by molar-refractivity contribution is 8.03. The number of Topliss-reactive ketones (excluding diaryl/α,β-unsaturated/α-hetero) is 1. The number of fused-ring (bicyclic) bond motifs is 1. The zero-order chi connectivity index (χ0) is 13.5. The van der Waals surface area contributed by atoms with Crippen LogP contribution >= 0.6 is 11.8 Å². The number of nitrogens with zero attached hydrogens (tertiary/aromatic N) is 1. The second kappa shape index (κ2) is 4.72. The first-order valence-electron chi connectivity index (χ1n) is 6.44. The van der Waals surface area contributed by atoms with Gasteiger partial charge in [-0.25, -0.2) is 0 Å². The van der Waals surface area contributed by atoms with Crippen LogP contribution in [0.2, 0.25) is 0 Å². The molecule has 1 saturated heterocycles. The molecule has 1 aliphatic heterocycles. The van der Waals surface area contributed by atoms with Crippen LogP contribution in [0.3, 0.4) is 0 Å². The number of rotatable bonds is 1. The summed E-state index contributed by atoms with van der Waals surface area (Å²) < 4.78 is 0. The third-order valence-electron chi connectivity index (χ3n) is 4.42. The third-order valence-corrected chi connectivity index (χ3v) is 5.19. The fourth-order valence-electron chi connectivity index (χ4n) is 3.25. The van der Waals surface area contributed by atoms with Gasteiger partial charge in [-0.15, -0.1) is 11.8 Å². The summed E-state index contributed by atoms with van der Waals surface area (Å²) in [6, 6.07) is 0. The van der Waals surface area contributed by atoms with E-state index in [0.717, 1.165) is 24.4 Å². The highest BCUT2D eigenvalue weighted by Crippen LogP contribution is 2.46. The van der Waals surface area contributed by atoms with Crippen molar-refractivity contribution in [3.63, 3.8) is 0 Å². The predicted octanol–water partition coefficient (Wildman–Crippen LogP) is 2.33. The van der Waals surface area contributed by atoms with Crippen molar-refractivity contribution in [2.75, 3.05) is 19.3 Å². The summed E-state index contributed by atoms with van der Waals surface area (Å²) >= 11 is 1.53. The van der Waals surface area contributed by atoms with E-state index in [9.17, 15) is 9.59 Å². The van der Waals surface area contributed by atoms with E-state index < -0.39 is 0 Å². The van der Waals surface area contributed by atoms with Crippen LogP contribution in [0.1, 0.15) is 27.2 Å². The largest absolute Gasteiger partial charge is 0.342 e. The van der Waals surface area contributed by atoms with Gasteiger partial charge in [-0.3, -0.25) is 9.59 Å². The maximum atomic E-state index is 12.4. The molecule has 18 heavy (non-hydrogen) atoms. The van der Waals surface area contributed by atoms with Crippen LogP contribution in [-0.4, -0.2) is 35.9 Å². The van der Waals surface area contributed by atoms with Gasteiger partial charge in [0.25, 0.3) is 0 Å². The third kappa shape index (κ3) is 2.11. The topological polar surface area (TPSA) is 37.4 Å². The molecule has 2 atom stereocenters. The highest BCUT2D eigenvalue weighted by Gasteiger charge is 2.47. The zero-order valence-electron chi connectivity index (χ0n) is 11.5. The van der Waals surface area contributed by atoms with Gasteiger partial charge >= 0.3 is 0 Å². The van der Waals surface area contributed by atoms with Crippen molar-refractivity contribution >= 4 is 23.5 Å². The summed E-state index contributed by atoms with van der Waals surface area (Å²) in [7, 11) is 0.